The molecule has 2 aromatic carbocycles. The van der Waals surface area contributed by atoms with E-state index in [0.29, 0.717) is 47.7 Å². The van der Waals surface area contributed by atoms with Crippen molar-refractivity contribution < 1.29 is 19.0 Å². The van der Waals surface area contributed by atoms with Gasteiger partial charge < -0.3 is 19.1 Å². The molecule has 1 aliphatic heterocycles. The van der Waals surface area contributed by atoms with Crippen LogP contribution in [0.2, 0.25) is 5.02 Å². The fourth-order valence-electron chi connectivity index (χ4n) is 4.98. The monoisotopic (exact) mass is 560 g/mol. The summed E-state index contributed by atoms with van der Waals surface area (Å²) in [4.78, 5) is 18.7. The average Bonchev–Trinajstić information content (AvgIpc) is 3.39. The maximum atomic E-state index is 12.4. The highest BCUT2D eigenvalue weighted by Crippen LogP contribution is 2.39. The number of nitrogens with zero attached hydrogens (tertiary/aromatic N) is 4. The standard InChI is InChI=1S/C31H33ClN4O4/c1-4-6-17-39-27-19-33-18-24-30(34-36(31(24)27)22-9-8-16-35(20-22)28(37)5-2)21-12-14-23(15-13-21)40-26-11-7-10-25(38-3)29(26)32/h5,7,10-15,18-19,22H,2,4,6,8-9,16-17,20H2,1,3H3/t22-/m1/s1. The molecule has 4 aromatic rings. The highest BCUT2D eigenvalue weighted by molar-refractivity contribution is 6.33. The van der Waals surface area contributed by atoms with Crippen LogP contribution in [0.3, 0.4) is 0 Å². The lowest BCUT2D eigenvalue weighted by molar-refractivity contribution is -0.127. The van der Waals surface area contributed by atoms with E-state index in [0.717, 1.165) is 47.8 Å². The molecule has 0 spiro atoms. The van der Waals surface area contributed by atoms with Crippen LogP contribution in [0.4, 0.5) is 0 Å². The number of hydrogen-bond donors (Lipinski definition) is 0. The van der Waals surface area contributed by atoms with Crippen LogP contribution >= 0.6 is 11.6 Å². The molecule has 208 valence electrons. The number of rotatable bonds is 10. The third-order valence-electron chi connectivity index (χ3n) is 7.06. The molecule has 0 bridgehead atoms. The summed E-state index contributed by atoms with van der Waals surface area (Å²) >= 11 is 6.42. The molecule has 1 aliphatic rings. The number of unbranched alkanes of at least 4 members (excludes halogenated alkanes) is 1. The van der Waals surface area contributed by atoms with Gasteiger partial charge in [0, 0.05) is 24.8 Å². The first-order valence-electron chi connectivity index (χ1n) is 13.5. The van der Waals surface area contributed by atoms with Gasteiger partial charge >= 0.3 is 0 Å². The van der Waals surface area contributed by atoms with Gasteiger partial charge in [-0.05, 0) is 61.7 Å². The molecule has 1 fully saturated rings. The van der Waals surface area contributed by atoms with Crippen molar-refractivity contribution in [2.24, 2.45) is 0 Å². The van der Waals surface area contributed by atoms with Crippen molar-refractivity contribution in [3.8, 4) is 34.3 Å². The second kappa shape index (κ2) is 12.4. The molecule has 0 aliphatic carbocycles. The quantitative estimate of drug-likeness (QED) is 0.152. The second-order valence-electron chi connectivity index (χ2n) is 9.71. The summed E-state index contributed by atoms with van der Waals surface area (Å²) in [6.45, 7) is 7.67. The first kappa shape index (κ1) is 27.5. The SMILES string of the molecule is C=CC(=O)N1CCC[C@@H](n2nc(-c3ccc(Oc4cccc(OC)c4Cl)cc3)c3cncc(OCCCC)c32)C1. The number of hydrogen-bond acceptors (Lipinski definition) is 6. The summed E-state index contributed by atoms with van der Waals surface area (Å²) in [5.41, 5.74) is 2.60. The molecule has 3 heterocycles. The molecule has 0 saturated carbocycles. The van der Waals surface area contributed by atoms with Crippen LogP contribution in [0, 0.1) is 0 Å². The van der Waals surface area contributed by atoms with Gasteiger partial charge in [-0.1, -0.05) is 37.6 Å². The molecule has 2 aromatic heterocycles. The van der Waals surface area contributed by atoms with Gasteiger partial charge in [-0.2, -0.15) is 5.10 Å². The van der Waals surface area contributed by atoms with E-state index in [1.807, 2.05) is 46.1 Å². The predicted octanol–water partition coefficient (Wildman–Crippen LogP) is 7.08. The van der Waals surface area contributed by atoms with Crippen molar-refractivity contribution in [1.29, 1.82) is 0 Å². The number of fused-ring (bicyclic) bond motifs is 1. The number of methoxy groups -OCH3 is 1. The van der Waals surface area contributed by atoms with Crippen molar-refractivity contribution in [1.82, 2.24) is 19.7 Å². The Hall–Kier alpha value is -4.04. The number of carbonyl (C=O) groups is 1. The fraction of sp³-hybridized carbons (Fsp3) is 0.323. The van der Waals surface area contributed by atoms with Crippen LogP contribution in [-0.2, 0) is 4.79 Å². The van der Waals surface area contributed by atoms with Crippen LogP contribution < -0.4 is 14.2 Å². The number of piperidine rings is 1. The molecule has 1 atom stereocenters. The van der Waals surface area contributed by atoms with Gasteiger partial charge in [-0.25, -0.2) is 0 Å². The molecule has 9 heteroatoms. The Kier molecular flexibility index (Phi) is 8.55. The number of benzene rings is 2. The first-order chi connectivity index (χ1) is 19.5. The van der Waals surface area contributed by atoms with Crippen LogP contribution in [-0.4, -0.2) is 52.4 Å². The van der Waals surface area contributed by atoms with Gasteiger partial charge in [0.2, 0.25) is 5.91 Å². The minimum atomic E-state index is -0.0609. The van der Waals surface area contributed by atoms with Crippen molar-refractivity contribution in [3.63, 3.8) is 0 Å². The van der Waals surface area contributed by atoms with E-state index < -0.39 is 0 Å². The van der Waals surface area contributed by atoms with Gasteiger partial charge in [0.1, 0.15) is 33.5 Å². The largest absolute Gasteiger partial charge is 0.495 e. The van der Waals surface area contributed by atoms with Gasteiger partial charge in [0.05, 0.1) is 31.3 Å². The summed E-state index contributed by atoms with van der Waals surface area (Å²) in [6.07, 6.45) is 8.73. The van der Waals surface area contributed by atoms with Crippen LogP contribution in [0.15, 0.2) is 67.5 Å². The van der Waals surface area contributed by atoms with Crippen LogP contribution in [0.1, 0.15) is 38.6 Å². The lowest BCUT2D eigenvalue weighted by Gasteiger charge is -2.32. The summed E-state index contributed by atoms with van der Waals surface area (Å²) in [7, 11) is 1.57. The van der Waals surface area contributed by atoms with Crippen molar-refractivity contribution in [3.05, 3.63) is 72.5 Å². The Labute approximate surface area is 239 Å². The summed E-state index contributed by atoms with van der Waals surface area (Å²) in [6, 6.07) is 13.1. The van der Waals surface area contributed by atoms with Crippen LogP contribution in [0.5, 0.6) is 23.0 Å². The van der Waals surface area contributed by atoms with Crippen molar-refractivity contribution in [2.45, 2.75) is 38.6 Å². The fourth-order valence-corrected chi connectivity index (χ4v) is 5.23. The molecule has 40 heavy (non-hydrogen) atoms. The van der Waals surface area contributed by atoms with Gasteiger partial charge in [-0.3, -0.25) is 14.5 Å². The van der Waals surface area contributed by atoms with E-state index in [9.17, 15) is 4.79 Å². The molecule has 8 nitrogen and oxygen atoms in total. The number of carbonyl (C=O) groups excluding carboxylic acids is 1. The Morgan fingerprint density at radius 1 is 1.15 bits per heavy atom. The number of ether oxygens (including phenoxy) is 3. The zero-order valence-corrected chi connectivity index (χ0v) is 23.6. The highest BCUT2D eigenvalue weighted by Gasteiger charge is 2.28. The van der Waals surface area contributed by atoms with Crippen molar-refractivity contribution in [2.75, 3.05) is 26.8 Å². The van der Waals surface area contributed by atoms with Gasteiger partial charge in [0.15, 0.2) is 5.75 Å². The number of aromatic nitrogens is 3. The van der Waals surface area contributed by atoms with E-state index >= 15 is 0 Å². The van der Waals surface area contributed by atoms with E-state index in [4.69, 9.17) is 30.9 Å². The summed E-state index contributed by atoms with van der Waals surface area (Å²) in [5, 5.41) is 6.40. The number of likely N-dealkylation sites (tertiary alicyclic amines) is 1. The molecule has 1 saturated heterocycles. The Morgan fingerprint density at radius 2 is 1.95 bits per heavy atom. The molecule has 0 N–H and O–H groups in total. The molecule has 5 rings (SSSR count). The Morgan fingerprint density at radius 3 is 2.70 bits per heavy atom. The zero-order chi connectivity index (χ0) is 28.1. The lowest BCUT2D eigenvalue weighted by Crippen LogP contribution is -2.40. The first-order valence-corrected chi connectivity index (χ1v) is 13.9. The zero-order valence-electron chi connectivity index (χ0n) is 22.8. The normalized spacial score (nSPS) is 15.2. The minimum absolute atomic E-state index is 0.00244. The van der Waals surface area contributed by atoms with E-state index in [1.54, 1.807) is 25.4 Å². The number of amides is 1. The highest BCUT2D eigenvalue weighted by atomic mass is 35.5. The predicted molar refractivity (Wildman–Crippen MR) is 156 cm³/mol. The molecular formula is C31H33ClN4O4. The summed E-state index contributed by atoms with van der Waals surface area (Å²) < 4.78 is 19.5. The van der Waals surface area contributed by atoms with Crippen LogP contribution in [0.25, 0.3) is 22.2 Å². The topological polar surface area (TPSA) is 78.7 Å². The van der Waals surface area contributed by atoms with Gasteiger partial charge in [0.25, 0.3) is 0 Å². The maximum Gasteiger partial charge on any atom is 0.246 e. The van der Waals surface area contributed by atoms with Crippen molar-refractivity contribution >= 4 is 28.4 Å². The Bertz CT molecular complexity index is 1500. The summed E-state index contributed by atoms with van der Waals surface area (Å²) in [5.74, 6) is 2.33. The van der Waals surface area contributed by atoms with E-state index in [-0.39, 0.29) is 11.9 Å². The number of halogens is 1. The third-order valence-corrected chi connectivity index (χ3v) is 7.44. The third kappa shape index (κ3) is 5.63. The smallest absolute Gasteiger partial charge is 0.246 e. The van der Waals surface area contributed by atoms with Gasteiger partial charge in [-0.15, -0.1) is 0 Å². The molecular weight excluding hydrogens is 528 g/mol. The number of pyridine rings is 1. The minimum Gasteiger partial charge on any atom is -0.495 e. The Balaban J connectivity index is 1.51. The molecule has 1 amide bonds. The molecule has 0 unspecified atom stereocenters. The second-order valence-corrected chi connectivity index (χ2v) is 10.1. The lowest BCUT2D eigenvalue weighted by atomic mass is 10.1. The average molecular weight is 561 g/mol. The van der Waals surface area contributed by atoms with E-state index in [2.05, 4.69) is 18.5 Å². The maximum absolute atomic E-state index is 12.4. The van der Waals surface area contributed by atoms with E-state index in [1.165, 1.54) is 6.08 Å². The molecule has 0 radical (unpaired) electrons.